The molecule has 0 amide bonds. The molecule has 2 rings (SSSR count). The highest BCUT2D eigenvalue weighted by molar-refractivity contribution is 6.01. The molecule has 0 saturated carbocycles. The van der Waals surface area contributed by atoms with E-state index in [-0.39, 0.29) is 17.1 Å². The number of carboxylic acids is 1. The van der Waals surface area contributed by atoms with Gasteiger partial charge in [0.05, 0.1) is 23.2 Å². The highest BCUT2D eigenvalue weighted by Gasteiger charge is 2.24. The first-order chi connectivity index (χ1) is 9.76. The number of nitrogens with zero attached hydrogens (tertiary/aromatic N) is 2. The van der Waals surface area contributed by atoms with E-state index in [0.717, 1.165) is 11.3 Å². The minimum Gasteiger partial charge on any atom is -0.478 e. The average molecular weight is 290 g/mol. The molecule has 21 heavy (non-hydrogen) atoms. The van der Waals surface area contributed by atoms with Crippen LogP contribution in [0.25, 0.3) is 11.0 Å². The van der Waals surface area contributed by atoms with Crippen molar-refractivity contribution in [3.05, 3.63) is 29.6 Å². The highest BCUT2D eigenvalue weighted by Crippen LogP contribution is 2.27. The van der Waals surface area contributed by atoms with Crippen LogP contribution in [-0.2, 0) is 11.3 Å². The fourth-order valence-corrected chi connectivity index (χ4v) is 2.39. The predicted molar refractivity (Wildman–Crippen MR) is 81.9 cm³/mol. The van der Waals surface area contributed by atoms with Crippen LogP contribution in [0.3, 0.4) is 0 Å². The molecule has 0 saturated heterocycles. The number of para-hydroxylation sites is 1. The molecule has 0 aliphatic heterocycles. The lowest BCUT2D eigenvalue weighted by atomic mass is 10.1. The molecule has 0 aliphatic rings. The molecule has 0 atom stereocenters. The van der Waals surface area contributed by atoms with Gasteiger partial charge in [0.25, 0.3) is 0 Å². The number of carbonyl (C=O) groups is 1. The van der Waals surface area contributed by atoms with Crippen molar-refractivity contribution < 1.29 is 14.6 Å². The average Bonchev–Trinajstić information content (AvgIpc) is 2.77. The molecule has 5 nitrogen and oxygen atoms in total. The molecule has 1 aromatic heterocycles. The zero-order chi connectivity index (χ0) is 15.8. The van der Waals surface area contributed by atoms with Gasteiger partial charge in [0.1, 0.15) is 11.3 Å². The van der Waals surface area contributed by atoms with Crippen LogP contribution in [0, 0.1) is 0 Å². The van der Waals surface area contributed by atoms with Crippen molar-refractivity contribution in [3.63, 3.8) is 0 Å². The monoisotopic (exact) mass is 290 g/mol. The molecule has 0 unspecified atom stereocenters. The first kappa shape index (κ1) is 15.5. The molecule has 0 radical (unpaired) electrons. The van der Waals surface area contributed by atoms with Crippen molar-refractivity contribution in [3.8, 4) is 0 Å². The van der Waals surface area contributed by atoms with Crippen LogP contribution in [0.4, 0.5) is 0 Å². The van der Waals surface area contributed by atoms with Crippen molar-refractivity contribution in [2.24, 2.45) is 0 Å². The second kappa shape index (κ2) is 5.48. The number of rotatable bonds is 5. The van der Waals surface area contributed by atoms with E-state index in [4.69, 9.17) is 4.74 Å². The van der Waals surface area contributed by atoms with Gasteiger partial charge in [-0.15, -0.1) is 0 Å². The van der Waals surface area contributed by atoms with E-state index < -0.39 is 5.97 Å². The summed E-state index contributed by atoms with van der Waals surface area (Å²) in [4.78, 5) is 16.0. The van der Waals surface area contributed by atoms with Crippen LogP contribution in [0.2, 0.25) is 0 Å². The molecule has 0 bridgehead atoms. The molecule has 0 aliphatic carbocycles. The first-order valence-electron chi connectivity index (χ1n) is 7.04. The van der Waals surface area contributed by atoms with Gasteiger partial charge in [-0.25, -0.2) is 9.78 Å². The Hall–Kier alpha value is -1.88. The smallest absolute Gasteiger partial charge is 0.337 e. The van der Waals surface area contributed by atoms with Crippen LogP contribution in [0.15, 0.2) is 18.2 Å². The molecular weight excluding hydrogens is 268 g/mol. The van der Waals surface area contributed by atoms with E-state index in [1.165, 1.54) is 0 Å². The zero-order valence-corrected chi connectivity index (χ0v) is 13.2. The van der Waals surface area contributed by atoms with Gasteiger partial charge in [0.2, 0.25) is 0 Å². The van der Waals surface area contributed by atoms with Crippen LogP contribution >= 0.6 is 0 Å². The molecule has 2 aromatic rings. The number of aromatic nitrogens is 2. The van der Waals surface area contributed by atoms with E-state index in [9.17, 15) is 9.90 Å². The van der Waals surface area contributed by atoms with Gasteiger partial charge in [-0.3, -0.25) is 0 Å². The van der Waals surface area contributed by atoms with Crippen LogP contribution in [0.1, 0.15) is 49.8 Å². The maximum absolute atomic E-state index is 11.4. The summed E-state index contributed by atoms with van der Waals surface area (Å²) in [6.45, 7) is 8.74. The summed E-state index contributed by atoms with van der Waals surface area (Å²) in [7, 11) is 1.68. The molecule has 114 valence electrons. The van der Waals surface area contributed by atoms with Crippen LogP contribution < -0.4 is 0 Å². The fraction of sp³-hybridized carbons (Fsp3) is 0.500. The zero-order valence-electron chi connectivity index (χ0n) is 13.2. The number of hydrogen-bond donors (Lipinski definition) is 1. The molecule has 5 heteroatoms. The van der Waals surface area contributed by atoms with Crippen molar-refractivity contribution in [2.45, 2.75) is 45.8 Å². The lowest BCUT2D eigenvalue weighted by molar-refractivity contribution is 0.00830. The molecular formula is C16H22N2O3. The molecule has 0 spiro atoms. The van der Waals surface area contributed by atoms with Gasteiger partial charge in [0.15, 0.2) is 0 Å². The summed E-state index contributed by atoms with van der Waals surface area (Å²) in [5, 5.41) is 9.33. The number of hydrogen-bond acceptors (Lipinski definition) is 3. The lowest BCUT2D eigenvalue weighted by Crippen LogP contribution is -2.30. The number of aromatic carboxylic acids is 1. The molecule has 1 aromatic carbocycles. The third kappa shape index (κ3) is 2.93. The second-order valence-corrected chi connectivity index (χ2v) is 6.15. The first-order valence-corrected chi connectivity index (χ1v) is 7.04. The highest BCUT2D eigenvalue weighted by atomic mass is 16.5. The fourth-order valence-electron chi connectivity index (χ4n) is 2.39. The quantitative estimate of drug-likeness (QED) is 0.917. The Morgan fingerprint density at radius 3 is 2.62 bits per heavy atom. The Morgan fingerprint density at radius 1 is 1.43 bits per heavy atom. The van der Waals surface area contributed by atoms with Gasteiger partial charge in [-0.05, 0) is 26.0 Å². The standard InChI is InChI=1S/C16H22N2O3/c1-10(2)14-17-13-11(15(19)20)7-6-8-12(13)18(14)9-16(3,4)21-5/h6-8,10H,9H2,1-5H3,(H,19,20). The number of benzene rings is 1. The number of fused-ring (bicyclic) bond motifs is 1. The lowest BCUT2D eigenvalue weighted by Gasteiger charge is -2.25. The Kier molecular flexibility index (Phi) is 4.05. The maximum atomic E-state index is 11.4. The normalized spacial score (nSPS) is 12.3. The Morgan fingerprint density at radius 2 is 2.10 bits per heavy atom. The Labute approximate surface area is 124 Å². The van der Waals surface area contributed by atoms with Gasteiger partial charge in [-0.1, -0.05) is 19.9 Å². The van der Waals surface area contributed by atoms with E-state index in [2.05, 4.69) is 23.4 Å². The number of imidazole rings is 1. The maximum Gasteiger partial charge on any atom is 0.337 e. The number of ether oxygens (including phenoxy) is 1. The SMILES string of the molecule is COC(C)(C)Cn1c(C(C)C)nc2c(C(=O)O)cccc21. The molecule has 1 N–H and O–H groups in total. The third-order valence-electron chi connectivity index (χ3n) is 3.65. The van der Waals surface area contributed by atoms with E-state index >= 15 is 0 Å². The second-order valence-electron chi connectivity index (χ2n) is 6.15. The molecule has 1 heterocycles. The van der Waals surface area contributed by atoms with Crippen LogP contribution in [-0.4, -0.2) is 33.3 Å². The molecule has 0 fully saturated rings. The number of methoxy groups -OCH3 is 1. The Bertz CT molecular complexity index is 671. The largest absolute Gasteiger partial charge is 0.478 e. The van der Waals surface area contributed by atoms with Crippen molar-refractivity contribution in [1.82, 2.24) is 9.55 Å². The summed E-state index contributed by atoms with van der Waals surface area (Å²) in [5.74, 6) is 0.127. The minimum atomic E-state index is -0.952. The minimum absolute atomic E-state index is 0.201. The summed E-state index contributed by atoms with van der Waals surface area (Å²) in [5.41, 5.74) is 1.27. The van der Waals surface area contributed by atoms with E-state index in [1.54, 1.807) is 19.2 Å². The van der Waals surface area contributed by atoms with E-state index in [0.29, 0.717) is 12.1 Å². The van der Waals surface area contributed by atoms with Crippen molar-refractivity contribution in [1.29, 1.82) is 0 Å². The van der Waals surface area contributed by atoms with Gasteiger partial charge in [0, 0.05) is 13.0 Å². The van der Waals surface area contributed by atoms with Crippen molar-refractivity contribution >= 4 is 17.0 Å². The summed E-state index contributed by atoms with van der Waals surface area (Å²) in [6, 6.07) is 5.26. The Balaban J connectivity index is 2.69. The van der Waals surface area contributed by atoms with E-state index in [1.807, 2.05) is 19.9 Å². The van der Waals surface area contributed by atoms with Crippen molar-refractivity contribution in [2.75, 3.05) is 7.11 Å². The summed E-state index contributed by atoms with van der Waals surface area (Å²) < 4.78 is 7.57. The predicted octanol–water partition coefficient (Wildman–Crippen LogP) is 3.28. The number of carboxylic acid groups (broad SMARTS) is 1. The van der Waals surface area contributed by atoms with Gasteiger partial charge >= 0.3 is 5.97 Å². The summed E-state index contributed by atoms with van der Waals surface area (Å²) in [6.07, 6.45) is 0. The van der Waals surface area contributed by atoms with Crippen LogP contribution in [0.5, 0.6) is 0 Å². The third-order valence-corrected chi connectivity index (χ3v) is 3.65. The van der Waals surface area contributed by atoms with Gasteiger partial charge in [-0.2, -0.15) is 0 Å². The topological polar surface area (TPSA) is 64.4 Å². The van der Waals surface area contributed by atoms with Gasteiger partial charge < -0.3 is 14.4 Å². The summed E-state index contributed by atoms with van der Waals surface area (Å²) >= 11 is 0.